The number of benzene rings is 2. The zero-order chi connectivity index (χ0) is 30.8. The third-order valence-electron chi connectivity index (χ3n) is 7.71. The molecule has 7 nitrogen and oxygen atoms in total. The van der Waals surface area contributed by atoms with Gasteiger partial charge in [-0.15, -0.1) is 0 Å². The molecular formula is C34H42FN3O4. The first-order valence-corrected chi connectivity index (χ1v) is 14.4. The highest BCUT2D eigenvalue weighted by atomic mass is 19.1. The van der Waals surface area contributed by atoms with Gasteiger partial charge in [0.15, 0.2) is 6.10 Å². The Hall–Kier alpha value is -3.78. The molecule has 3 aromatic rings. The second kappa shape index (κ2) is 12.2. The van der Waals surface area contributed by atoms with Crippen LogP contribution in [0.1, 0.15) is 76.1 Å². The molecule has 1 amide bonds. The highest BCUT2D eigenvalue weighted by Crippen LogP contribution is 2.45. The highest BCUT2D eigenvalue weighted by Gasteiger charge is 2.36. The molecule has 1 aliphatic rings. The predicted octanol–water partition coefficient (Wildman–Crippen LogP) is 7.25. The SMILES string of the molecule is Cc1nc(C)c(C(OC(C)(C)C)C(=O)O)c(N2CCC(C)(C)CC2)c1-c1ccc(NC(=O)Cc2ccc(F)cc2)cc1. The van der Waals surface area contributed by atoms with E-state index in [1.807, 2.05) is 58.9 Å². The lowest BCUT2D eigenvalue weighted by molar-refractivity contribution is -0.160. The molecule has 0 bridgehead atoms. The first-order chi connectivity index (χ1) is 19.6. The smallest absolute Gasteiger partial charge is 0.337 e. The second-order valence-corrected chi connectivity index (χ2v) is 12.9. The molecule has 2 N–H and O–H groups in total. The van der Waals surface area contributed by atoms with Gasteiger partial charge in [0.1, 0.15) is 5.82 Å². The summed E-state index contributed by atoms with van der Waals surface area (Å²) in [4.78, 5) is 32.4. The Kier molecular flexibility index (Phi) is 9.06. The number of aromatic nitrogens is 1. The number of hydrogen-bond donors (Lipinski definition) is 2. The maximum absolute atomic E-state index is 13.2. The Balaban J connectivity index is 1.74. The van der Waals surface area contributed by atoms with E-state index in [0.717, 1.165) is 54.0 Å². The van der Waals surface area contributed by atoms with Crippen molar-refractivity contribution in [3.05, 3.63) is 76.9 Å². The summed E-state index contributed by atoms with van der Waals surface area (Å²) in [7, 11) is 0. The molecule has 0 radical (unpaired) electrons. The third kappa shape index (κ3) is 7.53. The van der Waals surface area contributed by atoms with E-state index in [9.17, 15) is 19.1 Å². The second-order valence-electron chi connectivity index (χ2n) is 12.9. The van der Waals surface area contributed by atoms with Gasteiger partial charge in [0.2, 0.25) is 5.91 Å². The molecule has 2 aromatic carbocycles. The first-order valence-electron chi connectivity index (χ1n) is 14.4. The average Bonchev–Trinajstić information content (AvgIpc) is 2.89. The van der Waals surface area contributed by atoms with Gasteiger partial charge >= 0.3 is 5.97 Å². The molecule has 2 heterocycles. The van der Waals surface area contributed by atoms with Crippen LogP contribution in [0.25, 0.3) is 11.1 Å². The summed E-state index contributed by atoms with van der Waals surface area (Å²) in [5.74, 6) is -1.60. The number of aliphatic carboxylic acids is 1. The number of pyridine rings is 1. The van der Waals surface area contributed by atoms with Gasteiger partial charge in [-0.3, -0.25) is 9.78 Å². The molecule has 224 valence electrons. The number of carboxylic acids is 1. The van der Waals surface area contributed by atoms with Crippen molar-refractivity contribution >= 4 is 23.3 Å². The number of carboxylic acid groups (broad SMARTS) is 1. The van der Waals surface area contributed by atoms with Gasteiger partial charge in [0, 0.05) is 41.3 Å². The molecule has 42 heavy (non-hydrogen) atoms. The number of rotatable bonds is 8. The molecular weight excluding hydrogens is 533 g/mol. The lowest BCUT2D eigenvalue weighted by Gasteiger charge is -2.41. The average molecular weight is 576 g/mol. The fourth-order valence-corrected chi connectivity index (χ4v) is 5.47. The van der Waals surface area contributed by atoms with Gasteiger partial charge in [0.25, 0.3) is 0 Å². The number of amides is 1. The fraction of sp³-hybridized carbons (Fsp3) is 0.441. The Morgan fingerprint density at radius 3 is 2.17 bits per heavy atom. The minimum atomic E-state index is -1.19. The Morgan fingerprint density at radius 2 is 1.62 bits per heavy atom. The predicted molar refractivity (Wildman–Crippen MR) is 164 cm³/mol. The van der Waals surface area contributed by atoms with Crippen LogP contribution < -0.4 is 10.2 Å². The number of halogens is 1. The molecule has 1 aromatic heterocycles. The molecule has 1 fully saturated rings. The van der Waals surface area contributed by atoms with Gasteiger partial charge in [-0.1, -0.05) is 38.1 Å². The molecule has 1 aliphatic heterocycles. The van der Waals surface area contributed by atoms with Crippen LogP contribution in [0.4, 0.5) is 15.8 Å². The van der Waals surface area contributed by atoms with E-state index in [-0.39, 0.29) is 23.6 Å². The normalized spacial score (nSPS) is 15.8. The van der Waals surface area contributed by atoms with Crippen molar-refractivity contribution in [3.8, 4) is 11.1 Å². The lowest BCUT2D eigenvalue weighted by atomic mass is 9.82. The van der Waals surface area contributed by atoms with Crippen molar-refractivity contribution in [2.75, 3.05) is 23.3 Å². The van der Waals surface area contributed by atoms with Crippen LogP contribution in [-0.2, 0) is 20.7 Å². The summed E-state index contributed by atoms with van der Waals surface area (Å²) in [6.45, 7) is 15.5. The number of ether oxygens (including phenoxy) is 1. The fourth-order valence-electron chi connectivity index (χ4n) is 5.47. The largest absolute Gasteiger partial charge is 0.479 e. The van der Waals surface area contributed by atoms with Gasteiger partial charge in [-0.05, 0) is 88.3 Å². The minimum absolute atomic E-state index is 0.131. The molecule has 1 saturated heterocycles. The van der Waals surface area contributed by atoms with Crippen LogP contribution in [0.2, 0.25) is 0 Å². The van der Waals surface area contributed by atoms with E-state index in [1.165, 1.54) is 12.1 Å². The molecule has 1 atom stereocenters. The quantitative estimate of drug-likeness (QED) is 0.294. The molecule has 0 saturated carbocycles. The summed E-state index contributed by atoms with van der Waals surface area (Å²) in [5, 5.41) is 13.3. The lowest BCUT2D eigenvalue weighted by Crippen LogP contribution is -2.39. The topological polar surface area (TPSA) is 91.8 Å². The van der Waals surface area contributed by atoms with Crippen LogP contribution in [0.3, 0.4) is 0 Å². The van der Waals surface area contributed by atoms with E-state index in [1.54, 1.807) is 12.1 Å². The zero-order valence-electron chi connectivity index (χ0n) is 25.7. The van der Waals surface area contributed by atoms with E-state index in [0.29, 0.717) is 16.9 Å². The molecule has 0 aliphatic carbocycles. The monoisotopic (exact) mass is 575 g/mol. The molecule has 1 unspecified atom stereocenters. The number of nitrogens with zero attached hydrogens (tertiary/aromatic N) is 2. The zero-order valence-corrected chi connectivity index (χ0v) is 25.7. The van der Waals surface area contributed by atoms with Crippen LogP contribution >= 0.6 is 0 Å². The maximum Gasteiger partial charge on any atom is 0.337 e. The Labute approximate surface area is 248 Å². The summed E-state index contributed by atoms with van der Waals surface area (Å²) in [6.07, 6.45) is 0.894. The number of anilines is 2. The summed E-state index contributed by atoms with van der Waals surface area (Å²) >= 11 is 0. The van der Waals surface area contributed by atoms with Crippen LogP contribution in [0, 0.1) is 25.1 Å². The number of carbonyl (C=O) groups is 2. The first kappa shape index (κ1) is 31.2. The highest BCUT2D eigenvalue weighted by molar-refractivity contribution is 5.93. The van der Waals surface area contributed by atoms with Gasteiger partial charge in [-0.25, -0.2) is 9.18 Å². The third-order valence-corrected chi connectivity index (χ3v) is 7.71. The van der Waals surface area contributed by atoms with Gasteiger partial charge < -0.3 is 20.1 Å². The number of nitrogens with one attached hydrogen (secondary N) is 1. The van der Waals surface area contributed by atoms with Crippen molar-refractivity contribution in [3.63, 3.8) is 0 Å². The number of carbonyl (C=O) groups excluding carboxylic acids is 1. The van der Waals surface area contributed by atoms with Crippen molar-refractivity contribution in [2.24, 2.45) is 5.41 Å². The van der Waals surface area contributed by atoms with E-state index < -0.39 is 17.7 Å². The number of piperidine rings is 1. The van der Waals surface area contributed by atoms with E-state index in [4.69, 9.17) is 9.72 Å². The summed E-state index contributed by atoms with van der Waals surface area (Å²) in [6, 6.07) is 13.4. The molecule has 0 spiro atoms. The van der Waals surface area contributed by atoms with E-state index in [2.05, 4.69) is 24.1 Å². The van der Waals surface area contributed by atoms with E-state index >= 15 is 0 Å². The number of hydrogen-bond acceptors (Lipinski definition) is 5. The van der Waals surface area contributed by atoms with Gasteiger partial charge in [-0.2, -0.15) is 0 Å². The van der Waals surface area contributed by atoms with Crippen molar-refractivity contribution in [1.29, 1.82) is 0 Å². The van der Waals surface area contributed by atoms with Crippen LogP contribution in [-0.4, -0.2) is 40.7 Å². The standard InChI is InChI=1S/C34H42FN3O4/c1-21-28(24-10-14-26(15-11-24)37-27(39)20-23-8-12-25(35)13-9-23)30(38-18-16-34(6,7)17-19-38)29(22(2)36-21)31(32(40)41)42-33(3,4)5/h8-15,31H,16-20H2,1-7H3,(H,37,39)(H,40,41). The number of aryl methyl sites for hydroxylation is 2. The summed E-state index contributed by atoms with van der Waals surface area (Å²) in [5.41, 5.74) is 5.46. The summed E-state index contributed by atoms with van der Waals surface area (Å²) < 4.78 is 19.4. The molecule has 4 rings (SSSR count). The van der Waals surface area contributed by atoms with Crippen molar-refractivity contribution in [1.82, 2.24) is 4.98 Å². The minimum Gasteiger partial charge on any atom is -0.479 e. The van der Waals surface area contributed by atoms with Crippen molar-refractivity contribution in [2.45, 2.75) is 79.4 Å². The van der Waals surface area contributed by atoms with Crippen molar-refractivity contribution < 1.29 is 23.8 Å². The van der Waals surface area contributed by atoms with Crippen LogP contribution in [0.5, 0.6) is 0 Å². The Morgan fingerprint density at radius 1 is 1.02 bits per heavy atom. The van der Waals surface area contributed by atoms with Gasteiger partial charge in [0.05, 0.1) is 17.7 Å². The maximum atomic E-state index is 13.2. The van der Waals surface area contributed by atoms with Crippen LogP contribution in [0.15, 0.2) is 48.5 Å². The molecule has 8 heteroatoms. The Bertz CT molecular complexity index is 1430.